The van der Waals surface area contributed by atoms with Crippen LogP contribution in [0.1, 0.15) is 16.7 Å². The highest BCUT2D eigenvalue weighted by Crippen LogP contribution is 2.44. The number of hydrogen-bond acceptors (Lipinski definition) is 18. The summed E-state index contributed by atoms with van der Waals surface area (Å²) < 4.78 is 49.8. The summed E-state index contributed by atoms with van der Waals surface area (Å²) in [5.41, 5.74) is 8.31. The second-order valence-corrected chi connectivity index (χ2v) is 24.4. The Morgan fingerprint density at radius 1 is 0.474 bits per heavy atom. The van der Waals surface area contributed by atoms with Gasteiger partial charge < -0.3 is 59.1 Å². The highest BCUT2D eigenvalue weighted by atomic mass is 35.5. The van der Waals surface area contributed by atoms with E-state index in [9.17, 15) is 20.2 Å². The second kappa shape index (κ2) is 30.6. The minimum Gasteiger partial charge on any atom is -0.493 e. The van der Waals surface area contributed by atoms with E-state index in [4.69, 9.17) is 98.0 Å². The van der Waals surface area contributed by atoms with E-state index in [1.165, 1.54) is 37.8 Å². The van der Waals surface area contributed by atoms with Gasteiger partial charge in [0.15, 0.2) is 40.3 Å². The van der Waals surface area contributed by atoms with E-state index in [2.05, 4.69) is 98.4 Å². The van der Waals surface area contributed by atoms with Crippen LogP contribution in [0.15, 0.2) is 178 Å². The first-order chi connectivity index (χ1) is 46.7. The van der Waals surface area contributed by atoms with Crippen LogP contribution in [0.5, 0.6) is 34.5 Å². The lowest BCUT2D eigenvalue weighted by molar-refractivity contribution is 0.0453. The highest BCUT2D eigenvalue weighted by molar-refractivity contribution is 6.43. The molecular formula is C72H59Cl6FN12O6. The van der Waals surface area contributed by atoms with Crippen LogP contribution >= 0.6 is 69.6 Å². The minimum absolute atomic E-state index is 0.0170. The topological polar surface area (TPSA) is 211 Å². The van der Waals surface area contributed by atoms with E-state index < -0.39 is 5.82 Å². The predicted octanol–water partition coefficient (Wildman–Crippen LogP) is 17.9. The Hall–Kier alpha value is -10.3. The number of aromatic nitrogens is 3. The number of hydrogen-bond donors (Lipinski definition) is 3. The number of allylic oxidation sites excluding steroid dienone is 3. The average molecular weight is 1420 g/mol. The molecule has 0 atom stereocenters. The number of methoxy groups -OCH3 is 3. The summed E-state index contributed by atoms with van der Waals surface area (Å²) in [6, 6.07) is 30.4. The summed E-state index contributed by atoms with van der Waals surface area (Å²) in [5.74, 6) is 2.52. The van der Waals surface area contributed by atoms with Crippen LogP contribution in [0, 0.1) is 39.8 Å². The van der Waals surface area contributed by atoms with Crippen molar-refractivity contribution in [3.05, 3.63) is 231 Å². The van der Waals surface area contributed by atoms with Crippen molar-refractivity contribution >= 4 is 136 Å². The summed E-state index contributed by atoms with van der Waals surface area (Å²) >= 11 is 36.4. The molecule has 25 heteroatoms. The molecule has 0 unspecified atom stereocenters. The Bertz CT molecular complexity index is 4790. The molecule has 12 rings (SSSR count). The fraction of sp³-hybridized carbons (Fsp3) is 0.167. The van der Waals surface area contributed by atoms with Crippen molar-refractivity contribution in [2.24, 2.45) is 0 Å². The lowest BCUT2D eigenvalue weighted by Crippen LogP contribution is -2.52. The molecule has 18 nitrogen and oxygen atoms in total. The first-order valence-corrected chi connectivity index (χ1v) is 31.7. The van der Waals surface area contributed by atoms with Crippen LogP contribution in [-0.4, -0.2) is 109 Å². The first kappa shape index (κ1) is 69.6. The van der Waals surface area contributed by atoms with Crippen molar-refractivity contribution in [1.82, 2.24) is 29.7 Å². The summed E-state index contributed by atoms with van der Waals surface area (Å²) in [5, 5.41) is 42.2. The summed E-state index contributed by atoms with van der Waals surface area (Å²) in [6.07, 6.45) is 9.47. The van der Waals surface area contributed by atoms with Crippen LogP contribution in [-0.2, 0) is 0 Å². The second-order valence-electron chi connectivity index (χ2n) is 21.9. The molecule has 3 saturated heterocycles. The van der Waals surface area contributed by atoms with Gasteiger partial charge in [-0.2, -0.15) is 15.8 Å². The highest BCUT2D eigenvalue weighted by Gasteiger charge is 2.33. The van der Waals surface area contributed by atoms with Gasteiger partial charge in [0.25, 0.3) is 0 Å². The number of benzene rings is 6. The van der Waals surface area contributed by atoms with Crippen LogP contribution < -0.4 is 44.4 Å². The molecular weight excluding hydrogens is 1360 g/mol. The summed E-state index contributed by atoms with van der Waals surface area (Å²) in [7, 11) is 4.70. The van der Waals surface area contributed by atoms with Crippen molar-refractivity contribution in [2.75, 3.05) is 76.5 Å². The SMILES string of the molecule is C=CC(=C)N1CC(Oc2cc3c(Nc4ccc(Cl)c(Cl)c4)c(C#N)cnc3cc2OC)C1.C=CC(=C)N1CC(Oc2cc3c(Nc4ccc(Cl)c(Cl)c4F)c(C#N)cnc3cc2OC)C1.C=CC(=C)N1CC(Oc2cc3c(Nc4ccc(Cl)cc4Cl)c(C#N)cnc3cc2OC)C1. The quantitative estimate of drug-likeness (QED) is 0.0451. The minimum atomic E-state index is -0.722. The van der Waals surface area contributed by atoms with Gasteiger partial charge in [-0.15, -0.1) is 0 Å². The number of fused-ring (bicyclic) bond motifs is 3. The van der Waals surface area contributed by atoms with Gasteiger partial charge in [-0.3, -0.25) is 15.0 Å². The fourth-order valence-electron chi connectivity index (χ4n) is 10.4. The standard InChI is InChI=1S/C24H19Cl2FN4O2.2C24H20Cl2N4O2/c1-4-13(2)31-11-15(12-31)33-21-7-16-19(8-20(21)32-3)29-10-14(9-28)24(16)30-18-6-5-17(25)22(26)23(18)27;1-4-14(2)30-12-17(13-30)32-23-8-18-21(9-22(23)31-3)28-11-15(10-27)24(18)29-20-6-5-16(25)7-19(20)26;1-4-14(2)30-12-17(13-30)32-23-8-18-21(9-22(23)31-3)28-11-15(10-27)24(18)29-16-5-6-19(25)20(26)7-16/h4-8,10,15H,1-2,11-12H2,3H3,(H,29,30);2*4-9,11,17H,1-2,12-13H2,3H3,(H,28,29). The fourth-order valence-corrected chi connectivity index (χ4v) is 11.4. The number of halogens is 7. The number of rotatable bonds is 21. The molecule has 3 fully saturated rings. The van der Waals surface area contributed by atoms with E-state index in [0.717, 1.165) is 22.5 Å². The third-order valence-corrected chi connectivity index (χ3v) is 17.9. The maximum atomic E-state index is 14.7. The van der Waals surface area contributed by atoms with Crippen LogP contribution in [0.2, 0.25) is 30.1 Å². The van der Waals surface area contributed by atoms with Gasteiger partial charge in [0.05, 0.1) is 147 Å². The zero-order chi connectivity index (χ0) is 69.4. The number of nitrogens with one attached hydrogen (secondary N) is 3. The van der Waals surface area contributed by atoms with E-state index in [1.54, 1.807) is 93.1 Å². The summed E-state index contributed by atoms with van der Waals surface area (Å²) in [4.78, 5) is 19.4. The van der Waals surface area contributed by atoms with Crippen LogP contribution in [0.4, 0.5) is 38.5 Å². The van der Waals surface area contributed by atoms with Gasteiger partial charge in [0.2, 0.25) is 0 Å². The Morgan fingerprint density at radius 3 is 1.21 bits per heavy atom. The smallest absolute Gasteiger partial charge is 0.166 e. The van der Waals surface area contributed by atoms with E-state index in [1.807, 2.05) is 17.0 Å². The molecule has 97 heavy (non-hydrogen) atoms. The lowest BCUT2D eigenvalue weighted by Gasteiger charge is -2.41. The normalized spacial score (nSPS) is 13.2. The van der Waals surface area contributed by atoms with Gasteiger partial charge in [0, 0.05) is 80.7 Å². The third kappa shape index (κ3) is 15.4. The molecule has 0 saturated carbocycles. The van der Waals surface area contributed by atoms with E-state index in [0.29, 0.717) is 161 Å². The molecule has 6 heterocycles. The Balaban J connectivity index is 0.000000158. The first-order valence-electron chi connectivity index (χ1n) is 29.5. The Kier molecular flexibility index (Phi) is 22.0. The van der Waals surface area contributed by atoms with Crippen molar-refractivity contribution in [1.29, 1.82) is 15.8 Å². The van der Waals surface area contributed by atoms with Gasteiger partial charge in [-0.1, -0.05) is 109 Å². The van der Waals surface area contributed by atoms with Crippen molar-refractivity contribution in [3.8, 4) is 52.7 Å². The summed E-state index contributed by atoms with van der Waals surface area (Å²) in [6.45, 7) is 27.2. The molecule has 492 valence electrons. The van der Waals surface area contributed by atoms with Gasteiger partial charge in [-0.05, 0) is 85.0 Å². The Labute approximate surface area is 589 Å². The Morgan fingerprint density at radius 2 is 0.845 bits per heavy atom. The number of nitrogens with zero attached hydrogens (tertiary/aromatic N) is 9. The number of likely N-dealkylation sites (tertiary alicyclic amines) is 3. The molecule has 0 bridgehead atoms. The van der Waals surface area contributed by atoms with Crippen LogP contribution in [0.25, 0.3) is 32.7 Å². The number of nitriles is 3. The van der Waals surface area contributed by atoms with Gasteiger partial charge >= 0.3 is 0 Å². The molecule has 0 aliphatic carbocycles. The van der Waals surface area contributed by atoms with Gasteiger partial charge in [-0.25, -0.2) is 4.39 Å². The monoisotopic (exact) mass is 1420 g/mol. The molecule has 3 aromatic heterocycles. The van der Waals surface area contributed by atoms with Crippen LogP contribution in [0.3, 0.4) is 0 Å². The number of ether oxygens (including phenoxy) is 6. The molecule has 3 aliphatic rings. The van der Waals surface area contributed by atoms with Gasteiger partial charge in [0.1, 0.15) is 36.5 Å². The average Bonchev–Trinajstić information content (AvgIpc) is 0.784. The third-order valence-electron chi connectivity index (χ3n) is 15.8. The molecule has 9 aromatic rings. The lowest BCUT2D eigenvalue weighted by atomic mass is 10.1. The predicted molar refractivity (Wildman–Crippen MR) is 384 cm³/mol. The molecule has 6 aromatic carbocycles. The van der Waals surface area contributed by atoms with Crippen molar-refractivity contribution in [2.45, 2.75) is 18.3 Å². The molecule has 0 radical (unpaired) electrons. The molecule has 3 N–H and O–H groups in total. The molecule has 0 amide bonds. The maximum Gasteiger partial charge on any atom is 0.166 e. The number of pyridine rings is 3. The van der Waals surface area contributed by atoms with E-state index >= 15 is 0 Å². The largest absolute Gasteiger partial charge is 0.493 e. The molecule has 3 aliphatic heterocycles. The molecule has 0 spiro atoms. The van der Waals surface area contributed by atoms with Crippen molar-refractivity contribution in [3.63, 3.8) is 0 Å². The maximum absolute atomic E-state index is 14.7. The zero-order valence-corrected chi connectivity index (χ0v) is 56.9. The van der Waals surface area contributed by atoms with Crippen molar-refractivity contribution < 1.29 is 32.8 Å². The number of anilines is 6. The van der Waals surface area contributed by atoms with E-state index in [-0.39, 0.29) is 39.6 Å². The zero-order valence-electron chi connectivity index (χ0n) is 52.4.